The molecule has 4 nitrogen and oxygen atoms in total. The van der Waals surface area contributed by atoms with E-state index >= 15 is 0 Å². The van der Waals surface area contributed by atoms with Gasteiger partial charge in [-0.1, -0.05) is 30.3 Å². The van der Waals surface area contributed by atoms with Gasteiger partial charge in [0.25, 0.3) is 0 Å². The first-order valence-corrected chi connectivity index (χ1v) is 6.95. The zero-order valence-corrected chi connectivity index (χ0v) is 12.4. The minimum Gasteiger partial charge on any atom is -0.469 e. The van der Waals surface area contributed by atoms with Crippen LogP contribution in [0.25, 0.3) is 0 Å². The Hall–Kier alpha value is -2.20. The Balaban J connectivity index is 1.93. The van der Waals surface area contributed by atoms with Crippen LogP contribution in [-0.2, 0) is 29.0 Å². The van der Waals surface area contributed by atoms with Crippen molar-refractivity contribution < 1.29 is 9.53 Å². The summed E-state index contributed by atoms with van der Waals surface area (Å²) in [6.45, 7) is 3.43. The third kappa shape index (κ3) is 4.68. The predicted octanol–water partition coefficient (Wildman–Crippen LogP) is 2.40. The van der Waals surface area contributed by atoms with Gasteiger partial charge in [0.05, 0.1) is 13.5 Å². The van der Waals surface area contributed by atoms with E-state index in [2.05, 4.69) is 16.4 Å². The number of hydrogen-bond donors (Lipinski definition) is 1. The monoisotopic (exact) mass is 284 g/mol. The van der Waals surface area contributed by atoms with Gasteiger partial charge in [-0.25, -0.2) is 0 Å². The lowest BCUT2D eigenvalue weighted by atomic mass is 10.0. The van der Waals surface area contributed by atoms with Crippen molar-refractivity contribution in [1.29, 1.82) is 0 Å². The Morgan fingerprint density at radius 3 is 2.57 bits per heavy atom. The summed E-state index contributed by atoms with van der Waals surface area (Å²) >= 11 is 0. The van der Waals surface area contributed by atoms with Gasteiger partial charge >= 0.3 is 5.97 Å². The van der Waals surface area contributed by atoms with E-state index in [9.17, 15) is 4.79 Å². The van der Waals surface area contributed by atoms with Gasteiger partial charge in [0, 0.05) is 25.0 Å². The molecule has 21 heavy (non-hydrogen) atoms. The second-order valence-electron chi connectivity index (χ2n) is 4.93. The molecule has 110 valence electrons. The number of carbonyl (C=O) groups excluding carboxylic acids is 1. The van der Waals surface area contributed by atoms with E-state index in [-0.39, 0.29) is 5.97 Å². The average Bonchev–Trinajstić information content (AvgIpc) is 2.51. The van der Waals surface area contributed by atoms with Crippen LogP contribution in [-0.4, -0.2) is 18.1 Å². The zero-order valence-electron chi connectivity index (χ0n) is 12.4. The fourth-order valence-electron chi connectivity index (χ4n) is 2.07. The number of ether oxygens (including phenoxy) is 1. The molecule has 0 unspecified atom stereocenters. The van der Waals surface area contributed by atoms with E-state index in [1.165, 1.54) is 7.11 Å². The van der Waals surface area contributed by atoms with Gasteiger partial charge in [-0.3, -0.25) is 9.78 Å². The topological polar surface area (TPSA) is 51.2 Å². The summed E-state index contributed by atoms with van der Waals surface area (Å²) in [6.07, 6.45) is 2.18. The number of carbonyl (C=O) groups is 1. The SMILES string of the molecule is COC(=O)Cc1ccccc1CNCc1ccc(C)nc1. The highest BCUT2D eigenvalue weighted by molar-refractivity contribution is 5.72. The lowest BCUT2D eigenvalue weighted by molar-refractivity contribution is -0.139. The molecule has 0 amide bonds. The molecule has 0 aliphatic heterocycles. The molecule has 0 atom stereocenters. The van der Waals surface area contributed by atoms with E-state index in [1.54, 1.807) is 0 Å². The fourth-order valence-corrected chi connectivity index (χ4v) is 2.07. The normalized spacial score (nSPS) is 10.4. The molecule has 1 aromatic carbocycles. The fraction of sp³-hybridized carbons (Fsp3) is 0.294. The lowest BCUT2D eigenvalue weighted by Crippen LogP contribution is -2.15. The van der Waals surface area contributed by atoms with Crippen molar-refractivity contribution in [2.45, 2.75) is 26.4 Å². The molecule has 1 N–H and O–H groups in total. The minimum atomic E-state index is -0.217. The number of aryl methyl sites for hydroxylation is 1. The molecular formula is C17H20N2O2. The summed E-state index contributed by atoms with van der Waals surface area (Å²) < 4.78 is 4.73. The molecule has 0 aliphatic rings. The molecular weight excluding hydrogens is 264 g/mol. The van der Waals surface area contributed by atoms with Crippen molar-refractivity contribution in [3.05, 3.63) is 65.0 Å². The molecule has 1 aromatic heterocycles. The number of pyridine rings is 1. The summed E-state index contributed by atoms with van der Waals surface area (Å²) in [5, 5.41) is 3.38. The molecule has 0 saturated heterocycles. The number of rotatable bonds is 6. The first-order chi connectivity index (χ1) is 10.2. The Bertz CT molecular complexity index is 594. The van der Waals surface area contributed by atoms with E-state index < -0.39 is 0 Å². The molecule has 0 bridgehead atoms. The van der Waals surface area contributed by atoms with Gasteiger partial charge in [0.2, 0.25) is 0 Å². The number of hydrogen-bond acceptors (Lipinski definition) is 4. The van der Waals surface area contributed by atoms with Crippen LogP contribution >= 0.6 is 0 Å². The summed E-state index contributed by atoms with van der Waals surface area (Å²) in [6, 6.07) is 12.0. The lowest BCUT2D eigenvalue weighted by Gasteiger charge is -2.10. The molecule has 0 saturated carbocycles. The van der Waals surface area contributed by atoms with Crippen LogP contribution in [0.2, 0.25) is 0 Å². The molecule has 0 fully saturated rings. The maximum atomic E-state index is 11.4. The maximum Gasteiger partial charge on any atom is 0.309 e. The molecule has 2 aromatic rings. The van der Waals surface area contributed by atoms with Crippen molar-refractivity contribution >= 4 is 5.97 Å². The molecule has 0 radical (unpaired) electrons. The molecule has 1 heterocycles. The van der Waals surface area contributed by atoms with E-state index in [0.29, 0.717) is 13.0 Å². The van der Waals surface area contributed by atoms with Crippen LogP contribution in [0.5, 0.6) is 0 Å². The number of nitrogens with one attached hydrogen (secondary N) is 1. The average molecular weight is 284 g/mol. The maximum absolute atomic E-state index is 11.4. The van der Waals surface area contributed by atoms with Crippen molar-refractivity contribution in [2.75, 3.05) is 7.11 Å². The molecule has 4 heteroatoms. The van der Waals surface area contributed by atoms with Crippen molar-refractivity contribution in [1.82, 2.24) is 10.3 Å². The molecule has 2 rings (SSSR count). The third-order valence-electron chi connectivity index (χ3n) is 3.30. The van der Waals surface area contributed by atoms with Gasteiger partial charge < -0.3 is 10.1 Å². The first-order valence-electron chi connectivity index (χ1n) is 6.95. The van der Waals surface area contributed by atoms with Crippen molar-refractivity contribution in [3.8, 4) is 0 Å². The second kappa shape index (κ2) is 7.55. The van der Waals surface area contributed by atoms with E-state index in [1.807, 2.05) is 43.5 Å². The summed E-state index contributed by atoms with van der Waals surface area (Å²) in [5.74, 6) is -0.217. The molecule has 0 spiro atoms. The van der Waals surface area contributed by atoms with Crippen LogP contribution in [0.15, 0.2) is 42.6 Å². The van der Waals surface area contributed by atoms with E-state index in [4.69, 9.17) is 4.74 Å². The predicted molar refractivity (Wildman–Crippen MR) is 81.7 cm³/mol. The highest BCUT2D eigenvalue weighted by atomic mass is 16.5. The first kappa shape index (κ1) is 15.2. The number of nitrogens with zero attached hydrogens (tertiary/aromatic N) is 1. The Morgan fingerprint density at radius 1 is 1.14 bits per heavy atom. The number of methoxy groups -OCH3 is 1. The summed E-state index contributed by atoms with van der Waals surface area (Å²) in [7, 11) is 1.41. The molecule has 0 aliphatic carbocycles. The van der Waals surface area contributed by atoms with Crippen LogP contribution in [0.4, 0.5) is 0 Å². The smallest absolute Gasteiger partial charge is 0.309 e. The van der Waals surface area contributed by atoms with Crippen LogP contribution in [0.3, 0.4) is 0 Å². The van der Waals surface area contributed by atoms with Gasteiger partial charge in [-0.05, 0) is 29.7 Å². The second-order valence-corrected chi connectivity index (χ2v) is 4.93. The van der Waals surface area contributed by atoms with Crippen LogP contribution in [0, 0.1) is 6.92 Å². The van der Waals surface area contributed by atoms with Gasteiger partial charge in [-0.2, -0.15) is 0 Å². The van der Waals surface area contributed by atoms with Crippen molar-refractivity contribution in [3.63, 3.8) is 0 Å². The number of benzene rings is 1. The van der Waals surface area contributed by atoms with Gasteiger partial charge in [0.1, 0.15) is 0 Å². The quantitative estimate of drug-likeness (QED) is 0.828. The summed E-state index contributed by atoms with van der Waals surface area (Å²) in [4.78, 5) is 15.7. The van der Waals surface area contributed by atoms with Gasteiger partial charge in [0.15, 0.2) is 0 Å². The highest BCUT2D eigenvalue weighted by Gasteiger charge is 2.07. The van der Waals surface area contributed by atoms with Gasteiger partial charge in [-0.15, -0.1) is 0 Å². The summed E-state index contributed by atoms with van der Waals surface area (Å²) in [5.41, 5.74) is 4.27. The third-order valence-corrected chi connectivity index (χ3v) is 3.30. The Morgan fingerprint density at radius 2 is 1.90 bits per heavy atom. The van der Waals surface area contributed by atoms with E-state index in [0.717, 1.165) is 28.9 Å². The number of esters is 1. The largest absolute Gasteiger partial charge is 0.469 e. The minimum absolute atomic E-state index is 0.217. The Kier molecular flexibility index (Phi) is 5.46. The van der Waals surface area contributed by atoms with Crippen LogP contribution < -0.4 is 5.32 Å². The van der Waals surface area contributed by atoms with Crippen LogP contribution in [0.1, 0.15) is 22.4 Å². The van der Waals surface area contributed by atoms with Crippen molar-refractivity contribution in [2.24, 2.45) is 0 Å². The number of aromatic nitrogens is 1. The highest BCUT2D eigenvalue weighted by Crippen LogP contribution is 2.10. The Labute approximate surface area is 125 Å². The standard InChI is InChI=1S/C17H20N2O2/c1-13-7-8-14(11-19-13)10-18-12-16-6-4-3-5-15(16)9-17(20)21-2/h3-8,11,18H,9-10,12H2,1-2H3. The zero-order chi connectivity index (χ0) is 15.1.